The molecule has 2 aliphatic heterocycles. The first-order chi connectivity index (χ1) is 27.2. The van der Waals surface area contributed by atoms with E-state index in [1.807, 2.05) is 26.0 Å². The molecule has 292 valence electrons. The van der Waals surface area contributed by atoms with Crippen molar-refractivity contribution >= 4 is 19.9 Å². The molecule has 2 heterocycles. The van der Waals surface area contributed by atoms with E-state index >= 15 is 0 Å². The highest BCUT2D eigenvalue weighted by Crippen LogP contribution is 2.68. The maximum atomic E-state index is 8.15. The Morgan fingerprint density at radius 3 is 0.930 bits per heavy atom. The zero-order valence-electron chi connectivity index (χ0n) is 34.9. The van der Waals surface area contributed by atoms with Crippen LogP contribution < -0.4 is 4.67 Å². The first-order valence-electron chi connectivity index (χ1n) is 20.0. The molecular formula is C51H54NO4P. The summed E-state index contributed by atoms with van der Waals surface area (Å²) in [6.07, 6.45) is -1.37. The molecular weight excluding hydrogens is 722 g/mol. The van der Waals surface area contributed by atoms with Gasteiger partial charge in [-0.25, -0.2) is 0 Å². The largest absolute Gasteiger partial charge is 0.341 e. The average molecular weight is 776 g/mol. The Kier molecular flexibility index (Phi) is 10.3. The van der Waals surface area contributed by atoms with Crippen LogP contribution in [0.2, 0.25) is 0 Å². The van der Waals surface area contributed by atoms with Gasteiger partial charge >= 0.3 is 0 Å². The first kappa shape index (κ1) is 39.2. The molecule has 0 bridgehead atoms. The molecule has 57 heavy (non-hydrogen) atoms. The lowest BCUT2D eigenvalue weighted by atomic mass is 9.70. The fourth-order valence-electron chi connectivity index (χ4n) is 9.24. The number of aryl methyl sites for hydroxylation is 8. The van der Waals surface area contributed by atoms with Crippen LogP contribution in [-0.2, 0) is 29.7 Å². The van der Waals surface area contributed by atoms with E-state index in [0.29, 0.717) is 0 Å². The van der Waals surface area contributed by atoms with Crippen molar-refractivity contribution in [2.45, 2.75) is 98.4 Å². The van der Waals surface area contributed by atoms with E-state index in [1.54, 1.807) is 0 Å². The Labute approximate surface area is 340 Å². The van der Waals surface area contributed by atoms with Crippen LogP contribution in [-0.4, -0.2) is 18.0 Å². The summed E-state index contributed by atoms with van der Waals surface area (Å²) in [6.45, 7) is 21.3. The molecule has 0 N–H and O–H groups in total. The Morgan fingerprint density at radius 2 is 0.667 bits per heavy atom. The van der Waals surface area contributed by atoms with E-state index in [0.717, 1.165) is 78.1 Å². The Balaban J connectivity index is 1.57. The third kappa shape index (κ3) is 7.26. The summed E-state index contributed by atoms with van der Waals surface area (Å²) < 4.78 is 33.4. The number of rotatable bonds is 7. The Bertz CT molecular complexity index is 2080. The van der Waals surface area contributed by atoms with Gasteiger partial charge in [0.05, 0.1) is 0 Å². The smallest absolute Gasteiger partial charge is 0.297 e. The standard InChI is InChI=1S/C51H54NO4P/c1-33-21-34(2)26-41(25-33)50(42-27-35(3)22-36(4)28-42)47-48(54-49(9,10)53-47)51(43-29-37(5)23-38(6)30-43,44-31-39(7)24-40(8)32-44)56-57(55-50)52(45-17-13-11-14-18-45)46-19-15-12-16-20-46/h11-32,47-48H,1-10H3/t47-,48-/m1/s1. The quantitative estimate of drug-likeness (QED) is 0.151. The molecule has 6 heteroatoms. The number of nitrogens with zero attached hydrogens (tertiary/aromatic N) is 1. The normalized spacial score (nSPS) is 19.8. The minimum absolute atomic E-state index is 0.683. The van der Waals surface area contributed by atoms with Crippen molar-refractivity contribution in [3.05, 3.63) is 200 Å². The van der Waals surface area contributed by atoms with Crippen molar-refractivity contribution in [1.29, 1.82) is 0 Å². The van der Waals surface area contributed by atoms with Crippen LogP contribution in [0.15, 0.2) is 133 Å². The molecule has 0 unspecified atom stereocenters. The van der Waals surface area contributed by atoms with Gasteiger partial charge in [0.2, 0.25) is 0 Å². The summed E-state index contributed by atoms with van der Waals surface area (Å²) in [5.74, 6) is -0.993. The molecule has 0 spiro atoms. The molecule has 0 amide bonds. The Hall–Kier alpha value is -4.61. The van der Waals surface area contributed by atoms with Gasteiger partial charge in [-0.05, 0) is 116 Å². The van der Waals surface area contributed by atoms with E-state index < -0.39 is 37.7 Å². The molecule has 8 rings (SSSR count). The van der Waals surface area contributed by atoms with Crippen LogP contribution in [0, 0.1) is 55.4 Å². The van der Waals surface area contributed by atoms with Crippen LogP contribution in [0.5, 0.6) is 0 Å². The van der Waals surface area contributed by atoms with Gasteiger partial charge in [0.1, 0.15) is 12.2 Å². The van der Waals surface area contributed by atoms with Crippen molar-refractivity contribution in [3.8, 4) is 0 Å². The molecule has 2 aliphatic rings. The maximum absolute atomic E-state index is 8.15. The predicted molar refractivity (Wildman–Crippen MR) is 233 cm³/mol. The summed E-state index contributed by atoms with van der Waals surface area (Å²) in [5, 5.41) is 0. The Morgan fingerprint density at radius 1 is 0.404 bits per heavy atom. The number of fused-ring (bicyclic) bond motifs is 1. The van der Waals surface area contributed by atoms with Gasteiger partial charge in [0.25, 0.3) is 8.53 Å². The van der Waals surface area contributed by atoms with Crippen molar-refractivity contribution in [1.82, 2.24) is 0 Å². The molecule has 2 atom stereocenters. The van der Waals surface area contributed by atoms with Gasteiger partial charge in [0.15, 0.2) is 17.0 Å². The van der Waals surface area contributed by atoms with Crippen molar-refractivity contribution in [2.24, 2.45) is 0 Å². The van der Waals surface area contributed by atoms with Gasteiger partial charge in [-0.15, -0.1) is 0 Å². The second-order valence-corrected chi connectivity index (χ2v) is 18.1. The third-order valence-corrected chi connectivity index (χ3v) is 12.8. The van der Waals surface area contributed by atoms with Crippen molar-refractivity contribution < 1.29 is 18.5 Å². The third-order valence-electron chi connectivity index (χ3n) is 11.1. The number of anilines is 2. The van der Waals surface area contributed by atoms with Crippen LogP contribution in [0.25, 0.3) is 0 Å². The van der Waals surface area contributed by atoms with Gasteiger partial charge in [-0.1, -0.05) is 154 Å². The minimum atomic E-state index is -2.04. The van der Waals surface area contributed by atoms with E-state index in [4.69, 9.17) is 18.5 Å². The van der Waals surface area contributed by atoms with Gasteiger partial charge in [-0.2, -0.15) is 0 Å². The second kappa shape index (κ2) is 15.0. The second-order valence-electron chi connectivity index (χ2n) is 16.9. The SMILES string of the molecule is Cc1cc(C)cc(C2(c3cc(C)cc(C)c3)OP(N(c3ccccc3)c3ccccc3)OC(c3cc(C)cc(C)c3)(c3cc(C)cc(C)c3)[C@@H]3OC(C)(C)O[C@H]32)c1. The van der Waals surface area contributed by atoms with Crippen molar-refractivity contribution in [3.63, 3.8) is 0 Å². The van der Waals surface area contributed by atoms with Crippen LogP contribution in [0.1, 0.15) is 80.6 Å². The minimum Gasteiger partial charge on any atom is -0.341 e. The zero-order valence-corrected chi connectivity index (χ0v) is 35.8. The lowest BCUT2D eigenvalue weighted by Gasteiger charge is -2.42. The topological polar surface area (TPSA) is 40.2 Å². The fraction of sp³-hybridized carbons (Fsp3) is 0.294. The molecule has 0 radical (unpaired) electrons. The van der Waals surface area contributed by atoms with E-state index in [1.165, 1.54) is 0 Å². The predicted octanol–water partition coefficient (Wildman–Crippen LogP) is 13.0. The van der Waals surface area contributed by atoms with E-state index in [-0.39, 0.29) is 0 Å². The highest BCUT2D eigenvalue weighted by atomic mass is 31.2. The molecule has 5 nitrogen and oxygen atoms in total. The number of hydrogen-bond acceptors (Lipinski definition) is 5. The zero-order chi connectivity index (χ0) is 40.3. The molecule has 0 saturated carbocycles. The maximum Gasteiger partial charge on any atom is 0.297 e. The van der Waals surface area contributed by atoms with Crippen LogP contribution in [0.4, 0.5) is 11.4 Å². The van der Waals surface area contributed by atoms with Crippen LogP contribution >= 0.6 is 8.53 Å². The first-order valence-corrected chi connectivity index (χ1v) is 21.1. The lowest BCUT2D eigenvalue weighted by Crippen LogP contribution is -2.53. The molecule has 2 saturated heterocycles. The molecule has 2 fully saturated rings. The van der Waals surface area contributed by atoms with Gasteiger partial charge in [-0.3, -0.25) is 13.7 Å². The van der Waals surface area contributed by atoms with Crippen molar-refractivity contribution in [2.75, 3.05) is 4.67 Å². The molecule has 6 aromatic carbocycles. The molecule has 6 aromatic rings. The van der Waals surface area contributed by atoms with Crippen LogP contribution in [0.3, 0.4) is 0 Å². The molecule has 0 aromatic heterocycles. The number of hydrogen-bond donors (Lipinski definition) is 0. The fourth-order valence-corrected chi connectivity index (χ4v) is 11.2. The average Bonchev–Trinajstić information content (AvgIpc) is 3.41. The summed E-state index contributed by atoms with van der Waals surface area (Å²) in [6, 6.07) is 47.9. The summed E-state index contributed by atoms with van der Waals surface area (Å²) in [7, 11) is -2.04. The summed E-state index contributed by atoms with van der Waals surface area (Å²) in [5.41, 5.74) is 12.6. The lowest BCUT2D eigenvalue weighted by molar-refractivity contribution is -0.174. The summed E-state index contributed by atoms with van der Waals surface area (Å²) in [4.78, 5) is 0. The number of para-hydroxylation sites is 2. The molecule has 0 aliphatic carbocycles. The van der Waals surface area contributed by atoms with E-state index in [2.05, 4.69) is 181 Å². The monoisotopic (exact) mass is 775 g/mol. The highest BCUT2D eigenvalue weighted by molar-refractivity contribution is 7.49. The van der Waals surface area contributed by atoms with Gasteiger partial charge < -0.3 is 9.47 Å². The van der Waals surface area contributed by atoms with Gasteiger partial charge in [0, 0.05) is 11.4 Å². The number of ether oxygens (including phenoxy) is 2. The summed E-state index contributed by atoms with van der Waals surface area (Å²) >= 11 is 0. The highest BCUT2D eigenvalue weighted by Gasteiger charge is 2.68. The number of benzene rings is 6. The van der Waals surface area contributed by atoms with E-state index in [9.17, 15) is 0 Å².